The summed E-state index contributed by atoms with van der Waals surface area (Å²) in [6, 6.07) is 8.41. The van der Waals surface area contributed by atoms with E-state index in [0.717, 1.165) is 17.1 Å². The zero-order chi connectivity index (χ0) is 12.3. The van der Waals surface area contributed by atoms with Crippen molar-refractivity contribution < 1.29 is 4.63 Å². The second-order valence-corrected chi connectivity index (χ2v) is 4.43. The molecule has 0 saturated heterocycles. The van der Waals surface area contributed by atoms with E-state index >= 15 is 0 Å². The summed E-state index contributed by atoms with van der Waals surface area (Å²) in [7, 11) is 0. The monoisotopic (exact) mass is 231 g/mol. The third-order valence-corrected chi connectivity index (χ3v) is 2.76. The first-order valence-electron chi connectivity index (χ1n) is 5.78. The Kier molecular flexibility index (Phi) is 3.42. The van der Waals surface area contributed by atoms with Gasteiger partial charge in [0.1, 0.15) is 11.4 Å². The number of aromatic nitrogens is 2. The summed E-state index contributed by atoms with van der Waals surface area (Å²) in [6.07, 6.45) is 0. The maximum absolute atomic E-state index is 4.66. The van der Waals surface area contributed by atoms with Crippen molar-refractivity contribution in [2.24, 2.45) is 0 Å². The van der Waals surface area contributed by atoms with Gasteiger partial charge in [0, 0.05) is 5.69 Å². The van der Waals surface area contributed by atoms with Gasteiger partial charge in [0.2, 0.25) is 0 Å². The highest BCUT2D eigenvalue weighted by Crippen LogP contribution is 2.19. The molecule has 90 valence electrons. The van der Waals surface area contributed by atoms with E-state index in [1.54, 1.807) is 0 Å². The second-order valence-electron chi connectivity index (χ2n) is 4.43. The van der Waals surface area contributed by atoms with Crippen molar-refractivity contribution in [2.45, 2.75) is 33.2 Å². The van der Waals surface area contributed by atoms with E-state index < -0.39 is 0 Å². The van der Waals surface area contributed by atoms with Crippen LogP contribution in [0.15, 0.2) is 28.9 Å². The number of hydrogen-bond acceptors (Lipinski definition) is 4. The van der Waals surface area contributed by atoms with E-state index in [4.69, 9.17) is 0 Å². The zero-order valence-corrected chi connectivity index (χ0v) is 10.4. The van der Waals surface area contributed by atoms with Crippen LogP contribution in [0.5, 0.6) is 0 Å². The van der Waals surface area contributed by atoms with Gasteiger partial charge >= 0.3 is 0 Å². The summed E-state index contributed by atoms with van der Waals surface area (Å²) in [5.74, 6) is 0.534. The topological polar surface area (TPSA) is 51.0 Å². The summed E-state index contributed by atoms with van der Waals surface area (Å²) in [5.41, 5.74) is 4.10. The molecule has 1 N–H and O–H groups in total. The van der Waals surface area contributed by atoms with Gasteiger partial charge in [-0.1, -0.05) is 36.3 Å². The lowest BCUT2D eigenvalue weighted by molar-refractivity contribution is 0.301. The normalized spacial score (nSPS) is 10.8. The van der Waals surface area contributed by atoms with Crippen LogP contribution in [0.2, 0.25) is 0 Å². The molecule has 0 saturated carbocycles. The molecule has 0 aliphatic heterocycles. The molecular weight excluding hydrogens is 214 g/mol. The predicted molar refractivity (Wildman–Crippen MR) is 66.9 cm³/mol. The molecule has 1 aromatic carbocycles. The maximum atomic E-state index is 4.66. The highest BCUT2D eigenvalue weighted by Gasteiger charge is 2.05. The van der Waals surface area contributed by atoms with E-state index in [0.29, 0.717) is 12.5 Å². The fourth-order valence-electron chi connectivity index (χ4n) is 1.60. The Labute approximate surface area is 101 Å². The van der Waals surface area contributed by atoms with Crippen molar-refractivity contribution in [1.82, 2.24) is 10.3 Å². The lowest BCUT2D eigenvalue weighted by Crippen LogP contribution is -2.02. The molecule has 2 rings (SSSR count). The van der Waals surface area contributed by atoms with Crippen molar-refractivity contribution in [1.29, 1.82) is 0 Å². The fraction of sp³-hybridized carbons (Fsp3) is 0.385. The van der Waals surface area contributed by atoms with E-state index in [1.165, 1.54) is 5.56 Å². The predicted octanol–water partition coefficient (Wildman–Crippen LogP) is 3.11. The SMILES string of the molecule is Cc1nonc1CNc1cccc(C(C)C)c1. The molecule has 0 fully saturated rings. The third kappa shape index (κ3) is 2.84. The van der Waals surface area contributed by atoms with Gasteiger partial charge in [-0.15, -0.1) is 0 Å². The zero-order valence-electron chi connectivity index (χ0n) is 10.4. The molecule has 4 heteroatoms. The van der Waals surface area contributed by atoms with Crippen molar-refractivity contribution >= 4 is 5.69 Å². The van der Waals surface area contributed by atoms with Crippen molar-refractivity contribution in [3.63, 3.8) is 0 Å². The summed E-state index contributed by atoms with van der Waals surface area (Å²) in [6.45, 7) is 6.89. The highest BCUT2D eigenvalue weighted by molar-refractivity contribution is 5.46. The summed E-state index contributed by atoms with van der Waals surface area (Å²) in [5, 5.41) is 10.9. The molecule has 4 nitrogen and oxygen atoms in total. The molecule has 1 heterocycles. The maximum Gasteiger partial charge on any atom is 0.127 e. The smallest absolute Gasteiger partial charge is 0.127 e. The van der Waals surface area contributed by atoms with Gasteiger partial charge in [-0.05, 0) is 30.5 Å². The van der Waals surface area contributed by atoms with Crippen molar-refractivity contribution in [3.8, 4) is 0 Å². The van der Waals surface area contributed by atoms with E-state index in [1.807, 2.05) is 6.92 Å². The average molecular weight is 231 g/mol. The molecule has 0 radical (unpaired) electrons. The lowest BCUT2D eigenvalue weighted by atomic mass is 10.0. The lowest BCUT2D eigenvalue weighted by Gasteiger charge is -2.09. The van der Waals surface area contributed by atoms with Crippen LogP contribution in [0.4, 0.5) is 5.69 Å². The fourth-order valence-corrected chi connectivity index (χ4v) is 1.60. The standard InChI is InChI=1S/C13H17N3O/c1-9(2)11-5-4-6-12(7-11)14-8-13-10(3)15-17-16-13/h4-7,9,14H,8H2,1-3H3. The minimum absolute atomic E-state index is 0.534. The first-order valence-corrected chi connectivity index (χ1v) is 5.78. The van der Waals surface area contributed by atoms with Crippen LogP contribution in [0.1, 0.15) is 36.7 Å². The van der Waals surface area contributed by atoms with Crippen molar-refractivity contribution in [3.05, 3.63) is 41.2 Å². The number of aryl methyl sites for hydroxylation is 1. The first kappa shape index (κ1) is 11.6. The number of anilines is 1. The van der Waals surface area contributed by atoms with Crippen LogP contribution in [0.3, 0.4) is 0 Å². The van der Waals surface area contributed by atoms with Crippen LogP contribution in [-0.2, 0) is 6.54 Å². The minimum atomic E-state index is 0.534. The van der Waals surface area contributed by atoms with Crippen LogP contribution in [0.25, 0.3) is 0 Å². The van der Waals surface area contributed by atoms with E-state index in [2.05, 4.69) is 58.4 Å². The van der Waals surface area contributed by atoms with Gasteiger partial charge in [0.25, 0.3) is 0 Å². The van der Waals surface area contributed by atoms with Crippen LogP contribution >= 0.6 is 0 Å². The van der Waals surface area contributed by atoms with Gasteiger partial charge in [-0.3, -0.25) is 0 Å². The molecule has 0 spiro atoms. The molecule has 1 aromatic heterocycles. The van der Waals surface area contributed by atoms with Gasteiger partial charge in [-0.25, -0.2) is 4.63 Å². The van der Waals surface area contributed by atoms with Gasteiger partial charge in [-0.2, -0.15) is 0 Å². The number of hydrogen-bond donors (Lipinski definition) is 1. The van der Waals surface area contributed by atoms with Gasteiger partial charge in [0.15, 0.2) is 0 Å². The molecule has 0 unspecified atom stereocenters. The third-order valence-electron chi connectivity index (χ3n) is 2.76. The Bertz CT molecular complexity index is 491. The Morgan fingerprint density at radius 1 is 1.29 bits per heavy atom. The second kappa shape index (κ2) is 4.99. The van der Waals surface area contributed by atoms with Crippen molar-refractivity contribution in [2.75, 3.05) is 5.32 Å². The Balaban J connectivity index is 2.04. The molecule has 0 aliphatic rings. The van der Waals surface area contributed by atoms with E-state index in [-0.39, 0.29) is 0 Å². The van der Waals surface area contributed by atoms with Crippen LogP contribution in [0, 0.1) is 6.92 Å². The van der Waals surface area contributed by atoms with Gasteiger partial charge in [0.05, 0.1) is 6.54 Å². The highest BCUT2D eigenvalue weighted by atomic mass is 16.6. The number of rotatable bonds is 4. The summed E-state index contributed by atoms with van der Waals surface area (Å²) < 4.78 is 4.66. The Hall–Kier alpha value is -1.84. The average Bonchev–Trinajstić information content (AvgIpc) is 2.72. The molecule has 0 bridgehead atoms. The molecular formula is C13H17N3O. The molecule has 0 atom stereocenters. The molecule has 17 heavy (non-hydrogen) atoms. The molecule has 0 amide bonds. The Morgan fingerprint density at radius 3 is 2.76 bits per heavy atom. The number of nitrogens with zero attached hydrogens (tertiary/aromatic N) is 2. The molecule has 0 aliphatic carbocycles. The minimum Gasteiger partial charge on any atom is -0.379 e. The summed E-state index contributed by atoms with van der Waals surface area (Å²) >= 11 is 0. The van der Waals surface area contributed by atoms with Gasteiger partial charge < -0.3 is 5.32 Å². The Morgan fingerprint density at radius 2 is 2.12 bits per heavy atom. The molecule has 2 aromatic rings. The quantitative estimate of drug-likeness (QED) is 0.878. The number of nitrogens with one attached hydrogen (secondary N) is 1. The number of benzene rings is 1. The largest absolute Gasteiger partial charge is 0.379 e. The van der Waals surface area contributed by atoms with Crippen LogP contribution < -0.4 is 5.32 Å². The van der Waals surface area contributed by atoms with E-state index in [9.17, 15) is 0 Å². The summed E-state index contributed by atoms with van der Waals surface area (Å²) in [4.78, 5) is 0. The first-order chi connectivity index (χ1) is 8.16. The van der Waals surface area contributed by atoms with Crippen LogP contribution in [-0.4, -0.2) is 10.3 Å².